The van der Waals surface area contributed by atoms with E-state index in [4.69, 9.17) is 9.84 Å². The lowest BCUT2D eigenvalue weighted by atomic mass is 9.98. The van der Waals surface area contributed by atoms with Crippen LogP contribution in [-0.2, 0) is 20.7 Å². The number of carbonyl (C=O) groups excluding carboxylic acids is 1. The van der Waals surface area contributed by atoms with Crippen LogP contribution in [0.5, 0.6) is 0 Å². The number of carbonyl (C=O) groups is 2. The van der Waals surface area contributed by atoms with Crippen molar-refractivity contribution in [2.75, 3.05) is 13.7 Å². The second-order valence-electron chi connectivity index (χ2n) is 5.49. The number of nitrogens with zero attached hydrogens (tertiary/aromatic N) is 2. The summed E-state index contributed by atoms with van der Waals surface area (Å²) < 4.78 is 6.84. The van der Waals surface area contributed by atoms with E-state index in [-0.39, 0.29) is 25.4 Å². The Balaban J connectivity index is 2.05. The normalized spacial score (nSPS) is 13.7. The lowest BCUT2D eigenvalue weighted by Crippen LogP contribution is -2.51. The second-order valence-corrected chi connectivity index (χ2v) is 5.49. The van der Waals surface area contributed by atoms with Crippen LogP contribution in [0.25, 0.3) is 5.65 Å². The number of carboxylic acid groups (broad SMARTS) is 1. The molecule has 2 heterocycles. The van der Waals surface area contributed by atoms with E-state index in [0.29, 0.717) is 5.69 Å². The Morgan fingerprint density at radius 3 is 2.86 bits per heavy atom. The minimum absolute atomic E-state index is 0.0839. The van der Waals surface area contributed by atoms with E-state index in [0.717, 1.165) is 5.65 Å². The first-order chi connectivity index (χ1) is 10.4. The molecule has 1 unspecified atom stereocenters. The van der Waals surface area contributed by atoms with Crippen molar-refractivity contribution in [1.82, 2.24) is 14.7 Å². The first-order valence-corrected chi connectivity index (χ1v) is 6.86. The number of aliphatic carboxylic acids is 1. The molecule has 0 spiro atoms. The summed E-state index contributed by atoms with van der Waals surface area (Å²) in [5, 5.41) is 11.7. The number of imidazole rings is 1. The number of hydrogen-bond acceptors (Lipinski definition) is 4. The van der Waals surface area contributed by atoms with Crippen molar-refractivity contribution in [3.8, 4) is 0 Å². The molecule has 2 rings (SSSR count). The third-order valence-corrected chi connectivity index (χ3v) is 3.20. The fraction of sp³-hybridized carbons (Fsp3) is 0.400. The zero-order valence-corrected chi connectivity index (χ0v) is 12.6. The van der Waals surface area contributed by atoms with Gasteiger partial charge in [-0.3, -0.25) is 9.59 Å². The van der Waals surface area contributed by atoms with Crippen molar-refractivity contribution in [2.24, 2.45) is 0 Å². The van der Waals surface area contributed by atoms with E-state index < -0.39 is 11.5 Å². The zero-order chi connectivity index (χ0) is 16.2. The number of aromatic nitrogens is 2. The molecule has 7 nitrogen and oxygen atoms in total. The van der Waals surface area contributed by atoms with Crippen LogP contribution in [-0.4, -0.2) is 45.6 Å². The molecule has 2 N–H and O–H groups in total. The van der Waals surface area contributed by atoms with Crippen molar-refractivity contribution >= 4 is 17.5 Å². The van der Waals surface area contributed by atoms with E-state index in [2.05, 4.69) is 10.3 Å². The predicted molar refractivity (Wildman–Crippen MR) is 79.6 cm³/mol. The van der Waals surface area contributed by atoms with Gasteiger partial charge in [-0.25, -0.2) is 4.98 Å². The molecule has 0 fully saturated rings. The van der Waals surface area contributed by atoms with Crippen molar-refractivity contribution in [3.05, 3.63) is 36.3 Å². The number of pyridine rings is 1. The number of methoxy groups -OCH3 is 1. The Labute approximate surface area is 127 Å². The van der Waals surface area contributed by atoms with E-state index in [9.17, 15) is 9.59 Å². The van der Waals surface area contributed by atoms with Gasteiger partial charge in [-0.15, -0.1) is 0 Å². The molecule has 22 heavy (non-hydrogen) atoms. The molecule has 0 bridgehead atoms. The summed E-state index contributed by atoms with van der Waals surface area (Å²) >= 11 is 0. The molecule has 0 saturated carbocycles. The monoisotopic (exact) mass is 305 g/mol. The molecular formula is C15H19N3O4. The number of carboxylic acids is 1. The Kier molecular flexibility index (Phi) is 4.77. The first-order valence-electron chi connectivity index (χ1n) is 6.86. The first kappa shape index (κ1) is 16.0. The fourth-order valence-electron chi connectivity index (χ4n) is 2.40. The van der Waals surface area contributed by atoms with Gasteiger partial charge in [0.15, 0.2) is 0 Å². The van der Waals surface area contributed by atoms with Crippen molar-refractivity contribution < 1.29 is 19.4 Å². The molecule has 7 heteroatoms. The van der Waals surface area contributed by atoms with Crippen LogP contribution in [0.1, 0.15) is 19.0 Å². The molecule has 0 saturated heterocycles. The number of fused-ring (bicyclic) bond motifs is 1. The van der Waals surface area contributed by atoms with E-state index in [1.807, 2.05) is 28.8 Å². The number of rotatable bonds is 7. The van der Waals surface area contributed by atoms with Crippen LogP contribution < -0.4 is 5.32 Å². The van der Waals surface area contributed by atoms with Crippen molar-refractivity contribution in [2.45, 2.75) is 25.3 Å². The molecule has 0 aliphatic carbocycles. The predicted octanol–water partition coefficient (Wildman–Crippen LogP) is 0.873. The number of ether oxygens (including phenoxy) is 1. The van der Waals surface area contributed by atoms with E-state index in [1.54, 1.807) is 13.1 Å². The summed E-state index contributed by atoms with van der Waals surface area (Å²) in [7, 11) is 1.47. The zero-order valence-electron chi connectivity index (χ0n) is 12.6. The van der Waals surface area contributed by atoms with Gasteiger partial charge in [0, 0.05) is 19.5 Å². The maximum atomic E-state index is 12.2. The molecule has 0 aromatic carbocycles. The lowest BCUT2D eigenvalue weighted by molar-refractivity contribution is -0.139. The number of amides is 1. The van der Waals surface area contributed by atoms with Gasteiger partial charge < -0.3 is 19.6 Å². The molecule has 0 aliphatic rings. The van der Waals surface area contributed by atoms with Gasteiger partial charge in [-0.2, -0.15) is 0 Å². The third kappa shape index (κ3) is 4.05. The summed E-state index contributed by atoms with van der Waals surface area (Å²) in [5.74, 6) is -1.28. The highest BCUT2D eigenvalue weighted by atomic mass is 16.5. The molecule has 0 aliphatic heterocycles. The standard InChI is InChI=1S/C15H19N3O4/c1-15(10-22-2,8-14(20)21)17-13(19)7-11-9-18-6-4-3-5-12(18)16-11/h3-6,9H,7-8,10H2,1-2H3,(H,17,19)(H,20,21). The molecule has 2 aromatic rings. The van der Waals surface area contributed by atoms with E-state index >= 15 is 0 Å². The maximum Gasteiger partial charge on any atom is 0.305 e. The Bertz CT molecular complexity index is 649. The molecule has 1 atom stereocenters. The lowest BCUT2D eigenvalue weighted by Gasteiger charge is -2.28. The molecule has 2 aromatic heterocycles. The van der Waals surface area contributed by atoms with Gasteiger partial charge in [0.2, 0.25) is 5.91 Å². The van der Waals surface area contributed by atoms with Crippen LogP contribution >= 0.6 is 0 Å². The average Bonchev–Trinajstić information content (AvgIpc) is 2.78. The summed E-state index contributed by atoms with van der Waals surface area (Å²) in [4.78, 5) is 27.4. The average molecular weight is 305 g/mol. The van der Waals surface area contributed by atoms with Crippen LogP contribution in [0.4, 0.5) is 0 Å². The van der Waals surface area contributed by atoms with Gasteiger partial charge in [-0.1, -0.05) is 6.07 Å². The Hall–Kier alpha value is -2.41. The quantitative estimate of drug-likeness (QED) is 0.792. The summed E-state index contributed by atoms with van der Waals surface area (Å²) in [5.41, 5.74) is 0.436. The third-order valence-electron chi connectivity index (χ3n) is 3.20. The molecule has 118 valence electrons. The molecular weight excluding hydrogens is 286 g/mol. The van der Waals surface area contributed by atoms with Gasteiger partial charge in [0.05, 0.1) is 30.7 Å². The summed E-state index contributed by atoms with van der Waals surface area (Å²) in [6.07, 6.45) is 3.50. The van der Waals surface area contributed by atoms with Crippen LogP contribution in [0.15, 0.2) is 30.6 Å². The summed E-state index contributed by atoms with van der Waals surface area (Å²) in [6.45, 7) is 1.77. The Morgan fingerprint density at radius 2 is 2.23 bits per heavy atom. The van der Waals surface area contributed by atoms with Crippen molar-refractivity contribution in [3.63, 3.8) is 0 Å². The van der Waals surface area contributed by atoms with E-state index in [1.165, 1.54) is 7.11 Å². The van der Waals surface area contributed by atoms with Crippen LogP contribution in [0.3, 0.4) is 0 Å². The van der Waals surface area contributed by atoms with Gasteiger partial charge in [-0.05, 0) is 19.1 Å². The van der Waals surface area contributed by atoms with Gasteiger partial charge in [0.1, 0.15) is 5.65 Å². The highest BCUT2D eigenvalue weighted by molar-refractivity contribution is 5.80. The highest BCUT2D eigenvalue weighted by Gasteiger charge is 2.29. The largest absolute Gasteiger partial charge is 0.481 e. The summed E-state index contributed by atoms with van der Waals surface area (Å²) in [6, 6.07) is 5.59. The molecule has 1 amide bonds. The van der Waals surface area contributed by atoms with Crippen LogP contribution in [0, 0.1) is 0 Å². The maximum absolute atomic E-state index is 12.2. The SMILES string of the molecule is COCC(C)(CC(=O)O)NC(=O)Cc1cn2ccccc2n1. The number of hydrogen-bond donors (Lipinski definition) is 2. The highest BCUT2D eigenvalue weighted by Crippen LogP contribution is 2.12. The van der Waals surface area contributed by atoms with Gasteiger partial charge in [0.25, 0.3) is 0 Å². The Morgan fingerprint density at radius 1 is 1.45 bits per heavy atom. The molecule has 0 radical (unpaired) electrons. The number of nitrogens with one attached hydrogen (secondary N) is 1. The van der Waals surface area contributed by atoms with Crippen molar-refractivity contribution in [1.29, 1.82) is 0 Å². The van der Waals surface area contributed by atoms with Gasteiger partial charge >= 0.3 is 5.97 Å². The minimum Gasteiger partial charge on any atom is -0.481 e. The fourth-order valence-corrected chi connectivity index (χ4v) is 2.40. The minimum atomic E-state index is -0.993. The van der Waals surface area contributed by atoms with Crippen LogP contribution in [0.2, 0.25) is 0 Å². The smallest absolute Gasteiger partial charge is 0.305 e. The second kappa shape index (κ2) is 6.57. The topological polar surface area (TPSA) is 92.9 Å².